The van der Waals surface area contributed by atoms with E-state index in [9.17, 15) is 5.11 Å². The minimum Gasteiger partial charge on any atom is -0.510 e. The summed E-state index contributed by atoms with van der Waals surface area (Å²) in [5.41, 5.74) is 3.58. The van der Waals surface area contributed by atoms with E-state index < -0.39 is 0 Å². The molecule has 2 aromatic carbocycles. The van der Waals surface area contributed by atoms with Gasteiger partial charge in [-0.1, -0.05) is 36.4 Å². The summed E-state index contributed by atoms with van der Waals surface area (Å²) in [6.07, 6.45) is 9.63. The smallest absolute Gasteiger partial charge is 0.127 e. The van der Waals surface area contributed by atoms with Crippen LogP contribution in [0.5, 0.6) is 5.75 Å². The van der Waals surface area contributed by atoms with Crippen LogP contribution < -0.4 is 4.74 Å². The zero-order valence-corrected chi connectivity index (χ0v) is 19.1. The molecule has 0 aliphatic carbocycles. The van der Waals surface area contributed by atoms with Crippen molar-refractivity contribution in [3.63, 3.8) is 0 Å². The molecule has 2 aromatic rings. The molecule has 4 aliphatic heterocycles. The van der Waals surface area contributed by atoms with Gasteiger partial charge in [-0.3, -0.25) is 9.91 Å². The Morgan fingerprint density at radius 3 is 2.94 bits per heavy atom. The van der Waals surface area contributed by atoms with E-state index in [1.807, 2.05) is 30.5 Å². The topological polar surface area (TPSA) is 39.2 Å². The van der Waals surface area contributed by atoms with Crippen molar-refractivity contribution >= 4 is 11.8 Å². The van der Waals surface area contributed by atoms with Gasteiger partial charge in [0.25, 0.3) is 0 Å². The molecule has 1 N–H and O–H groups in total. The SMILES string of the molecule is OC1=C2CN3CC/C=C\COc4ccc(F)c5c4[C@H](c4ccccc4SC5)N(C3)N2C=CC1. The molecule has 1 saturated heterocycles. The molecule has 1 fully saturated rings. The Balaban J connectivity index is 1.61. The highest BCUT2D eigenvalue weighted by atomic mass is 32.2. The first kappa shape index (κ1) is 20.8. The number of halogens is 1. The van der Waals surface area contributed by atoms with Crippen LogP contribution in [0.3, 0.4) is 0 Å². The molecule has 0 amide bonds. The fourth-order valence-electron chi connectivity index (χ4n) is 5.12. The number of allylic oxidation sites excluding steroid dienone is 1. The van der Waals surface area contributed by atoms with Crippen LogP contribution in [0.1, 0.15) is 35.6 Å². The second-order valence-electron chi connectivity index (χ2n) is 8.70. The average molecular weight is 464 g/mol. The van der Waals surface area contributed by atoms with Crippen molar-refractivity contribution in [2.75, 3.05) is 26.4 Å². The molecule has 0 spiro atoms. The van der Waals surface area contributed by atoms with E-state index in [1.54, 1.807) is 17.8 Å². The number of ether oxygens (including phenoxy) is 1. The number of hydrazine groups is 1. The van der Waals surface area contributed by atoms with Gasteiger partial charge in [0.15, 0.2) is 0 Å². The van der Waals surface area contributed by atoms with Crippen LogP contribution in [0.2, 0.25) is 0 Å². The van der Waals surface area contributed by atoms with E-state index in [2.05, 4.69) is 33.1 Å². The van der Waals surface area contributed by atoms with Gasteiger partial charge in [-0.2, -0.15) is 5.01 Å². The van der Waals surface area contributed by atoms with E-state index >= 15 is 4.39 Å². The Bertz CT molecular complexity index is 1180. The molecule has 0 saturated carbocycles. The highest BCUT2D eigenvalue weighted by Crippen LogP contribution is 2.48. The number of aliphatic hydroxyl groups is 1. The third-order valence-electron chi connectivity index (χ3n) is 6.69. The van der Waals surface area contributed by atoms with Gasteiger partial charge in [0, 0.05) is 47.5 Å². The van der Waals surface area contributed by atoms with Crippen LogP contribution in [0, 0.1) is 5.82 Å². The quantitative estimate of drug-likeness (QED) is 0.532. The van der Waals surface area contributed by atoms with Crippen LogP contribution >= 0.6 is 11.8 Å². The first-order valence-electron chi connectivity index (χ1n) is 11.4. The summed E-state index contributed by atoms with van der Waals surface area (Å²) in [6.45, 7) is 2.67. The van der Waals surface area contributed by atoms with Crippen molar-refractivity contribution in [2.24, 2.45) is 0 Å². The summed E-state index contributed by atoms with van der Waals surface area (Å²) >= 11 is 1.67. The number of hydrogen-bond acceptors (Lipinski definition) is 6. The predicted molar refractivity (Wildman–Crippen MR) is 127 cm³/mol. The van der Waals surface area contributed by atoms with Crippen molar-refractivity contribution in [3.8, 4) is 5.75 Å². The van der Waals surface area contributed by atoms with Crippen molar-refractivity contribution < 1.29 is 14.2 Å². The molecule has 3 atom stereocenters. The van der Waals surface area contributed by atoms with Gasteiger partial charge < -0.3 is 9.84 Å². The molecule has 2 bridgehead atoms. The molecule has 4 heterocycles. The highest BCUT2D eigenvalue weighted by Gasteiger charge is 2.40. The first-order valence-corrected chi connectivity index (χ1v) is 12.4. The maximum atomic E-state index is 15.3. The molecule has 170 valence electrons. The summed E-state index contributed by atoms with van der Waals surface area (Å²) in [4.78, 5) is 3.50. The molecule has 4 aliphatic rings. The van der Waals surface area contributed by atoms with Crippen molar-refractivity contribution in [1.82, 2.24) is 14.9 Å². The number of thioether (sulfide) groups is 1. The second kappa shape index (κ2) is 8.56. The maximum absolute atomic E-state index is 15.3. The van der Waals surface area contributed by atoms with E-state index in [0.29, 0.717) is 49.1 Å². The summed E-state index contributed by atoms with van der Waals surface area (Å²) in [5, 5.41) is 15.1. The lowest BCUT2D eigenvalue weighted by molar-refractivity contribution is -0.0700. The Labute approximate surface area is 197 Å². The Morgan fingerprint density at radius 1 is 1.09 bits per heavy atom. The summed E-state index contributed by atoms with van der Waals surface area (Å²) < 4.78 is 21.5. The number of hydrogen-bond donors (Lipinski definition) is 1. The number of fused-ring (bicyclic) bond motifs is 7. The Kier molecular flexibility index (Phi) is 5.40. The fourth-order valence-corrected chi connectivity index (χ4v) is 6.24. The zero-order valence-electron chi connectivity index (χ0n) is 18.3. The monoisotopic (exact) mass is 463 g/mol. The lowest BCUT2D eigenvalue weighted by atomic mass is 9.92. The van der Waals surface area contributed by atoms with Gasteiger partial charge in [0.1, 0.15) is 23.9 Å². The molecule has 2 unspecified atom stereocenters. The lowest BCUT2D eigenvalue weighted by Crippen LogP contribution is -2.55. The average Bonchev–Trinajstić information content (AvgIpc) is 3.00. The first-order chi connectivity index (χ1) is 16.2. The largest absolute Gasteiger partial charge is 0.510 e. The second-order valence-corrected chi connectivity index (χ2v) is 9.72. The van der Waals surface area contributed by atoms with Crippen LogP contribution in [-0.2, 0) is 5.75 Å². The van der Waals surface area contributed by atoms with Gasteiger partial charge in [0.2, 0.25) is 0 Å². The van der Waals surface area contributed by atoms with Crippen molar-refractivity contribution in [3.05, 3.63) is 94.8 Å². The third-order valence-corrected chi connectivity index (χ3v) is 7.81. The number of aliphatic hydroxyl groups excluding tert-OH is 1. The molecule has 5 nitrogen and oxygen atoms in total. The van der Waals surface area contributed by atoms with Crippen LogP contribution in [0.4, 0.5) is 4.39 Å². The minimum atomic E-state index is -0.256. The van der Waals surface area contributed by atoms with Crippen LogP contribution in [0.15, 0.2) is 77.2 Å². The summed E-state index contributed by atoms with van der Waals surface area (Å²) in [5.74, 6) is 1.45. The van der Waals surface area contributed by atoms with Gasteiger partial charge in [-0.05, 0) is 30.2 Å². The number of nitrogens with zero attached hydrogens (tertiary/aromatic N) is 3. The Hall–Kier alpha value is -2.74. The van der Waals surface area contributed by atoms with Crippen molar-refractivity contribution in [1.29, 1.82) is 0 Å². The zero-order chi connectivity index (χ0) is 22.4. The number of benzene rings is 2. The summed E-state index contributed by atoms with van der Waals surface area (Å²) in [6, 6.07) is 11.4. The molecule has 33 heavy (non-hydrogen) atoms. The number of rotatable bonds is 0. The molecular formula is C26H26FN3O2S. The maximum Gasteiger partial charge on any atom is 0.127 e. The normalized spacial score (nSPS) is 27.2. The molecular weight excluding hydrogens is 437 g/mol. The van der Waals surface area contributed by atoms with Crippen LogP contribution in [0.25, 0.3) is 0 Å². The van der Waals surface area contributed by atoms with Crippen molar-refractivity contribution in [2.45, 2.75) is 29.5 Å². The van der Waals surface area contributed by atoms with Gasteiger partial charge >= 0.3 is 0 Å². The van der Waals surface area contributed by atoms with E-state index in [1.165, 1.54) is 6.07 Å². The molecule has 0 aromatic heterocycles. The minimum absolute atomic E-state index is 0.202. The van der Waals surface area contributed by atoms with Crippen LogP contribution in [-0.4, -0.2) is 46.4 Å². The molecule has 6 rings (SSSR count). The van der Waals surface area contributed by atoms with E-state index in [4.69, 9.17) is 4.74 Å². The molecule has 0 radical (unpaired) electrons. The Morgan fingerprint density at radius 2 is 2.00 bits per heavy atom. The third kappa shape index (κ3) is 3.64. The van der Waals surface area contributed by atoms with Gasteiger partial charge in [-0.15, -0.1) is 11.8 Å². The standard InChI is InChI=1S/C26H26FN3O2S/c27-20-10-11-23-25-19(20)16-33-24-9-3-2-7-18(24)26(25)30-17-28(12-4-1-5-14-32-23)15-21-22(31)8-6-13-29(21)30/h1-3,5-7,9-11,13,26,31H,4,8,12,14-17H2/b5-1-/t26-/m0/s1. The van der Waals surface area contributed by atoms with Gasteiger partial charge in [-0.25, -0.2) is 4.39 Å². The predicted octanol–water partition coefficient (Wildman–Crippen LogP) is 5.34. The highest BCUT2D eigenvalue weighted by molar-refractivity contribution is 7.98. The summed E-state index contributed by atoms with van der Waals surface area (Å²) in [7, 11) is 0. The van der Waals surface area contributed by atoms with E-state index in [0.717, 1.165) is 34.7 Å². The molecule has 7 heteroatoms. The fraction of sp³-hybridized carbons (Fsp3) is 0.308. The van der Waals surface area contributed by atoms with E-state index in [-0.39, 0.29) is 11.9 Å². The van der Waals surface area contributed by atoms with Gasteiger partial charge in [0.05, 0.1) is 18.4 Å². The lowest BCUT2D eigenvalue weighted by Gasteiger charge is -2.49.